The molecule has 3 aliphatic rings. The molecule has 0 N–H and O–H groups in total. The summed E-state index contributed by atoms with van der Waals surface area (Å²) in [6, 6.07) is 3.08. The van der Waals surface area contributed by atoms with Gasteiger partial charge in [-0.2, -0.15) is 0 Å². The Morgan fingerprint density at radius 3 is 2.50 bits per heavy atom. The van der Waals surface area contributed by atoms with E-state index in [1.165, 1.54) is 0 Å². The van der Waals surface area contributed by atoms with Gasteiger partial charge in [0.05, 0.1) is 11.5 Å². The maximum atomic E-state index is 13.0. The summed E-state index contributed by atoms with van der Waals surface area (Å²) in [7, 11) is -3.11. The van der Waals surface area contributed by atoms with Gasteiger partial charge in [0.1, 0.15) is 11.4 Å². The minimum absolute atomic E-state index is 0.00486. The van der Waals surface area contributed by atoms with Crippen molar-refractivity contribution in [3.63, 3.8) is 0 Å². The second-order valence-electron chi connectivity index (χ2n) is 8.44. The molecule has 0 aromatic carbocycles. The van der Waals surface area contributed by atoms with Crippen LogP contribution < -0.4 is 4.90 Å². The highest BCUT2D eigenvalue weighted by atomic mass is 32.2. The first-order chi connectivity index (χ1) is 14.4. The Balaban J connectivity index is 1.44. The topological polar surface area (TPSA) is 96.9 Å². The number of carbonyl (C=O) groups is 2. The molecule has 3 heterocycles. The molecule has 0 spiro atoms. The Morgan fingerprint density at radius 1 is 1.10 bits per heavy atom. The molecule has 1 atom stereocenters. The SMILES string of the molecule is O=C(OCC(=O)N(C1CCCC1)[C@H]1CCS(=O)(=O)C1)c1cccnc1N1CCCC1. The van der Waals surface area contributed by atoms with Crippen LogP contribution in [-0.4, -0.2) is 73.5 Å². The van der Waals surface area contributed by atoms with Crippen molar-refractivity contribution < 1.29 is 22.7 Å². The number of rotatable bonds is 6. The summed E-state index contributed by atoms with van der Waals surface area (Å²) < 4.78 is 29.3. The quantitative estimate of drug-likeness (QED) is 0.629. The van der Waals surface area contributed by atoms with Gasteiger partial charge in [0.15, 0.2) is 16.4 Å². The lowest BCUT2D eigenvalue weighted by Gasteiger charge is -2.33. The minimum Gasteiger partial charge on any atom is -0.452 e. The van der Waals surface area contributed by atoms with Crippen molar-refractivity contribution in [2.24, 2.45) is 0 Å². The number of aromatic nitrogens is 1. The van der Waals surface area contributed by atoms with Crippen LogP contribution in [0.4, 0.5) is 5.82 Å². The van der Waals surface area contributed by atoms with Gasteiger partial charge in [-0.15, -0.1) is 0 Å². The molecule has 1 saturated carbocycles. The van der Waals surface area contributed by atoms with E-state index in [1.807, 2.05) is 0 Å². The Kier molecular flexibility index (Phi) is 6.26. The molecule has 1 aliphatic carbocycles. The fourth-order valence-electron chi connectivity index (χ4n) is 4.90. The normalized spacial score (nSPS) is 23.6. The zero-order valence-corrected chi connectivity index (χ0v) is 18.0. The summed E-state index contributed by atoms with van der Waals surface area (Å²) in [6.45, 7) is 1.32. The molecule has 2 saturated heterocycles. The summed E-state index contributed by atoms with van der Waals surface area (Å²) >= 11 is 0. The van der Waals surface area contributed by atoms with Gasteiger partial charge in [-0.25, -0.2) is 18.2 Å². The third kappa shape index (κ3) is 4.61. The highest BCUT2D eigenvalue weighted by Crippen LogP contribution is 2.29. The number of anilines is 1. The molecule has 1 amide bonds. The first-order valence-electron chi connectivity index (χ1n) is 10.8. The molecule has 8 nitrogen and oxygen atoms in total. The fraction of sp³-hybridized carbons (Fsp3) is 0.667. The Labute approximate surface area is 177 Å². The molecule has 164 valence electrons. The molecule has 0 unspecified atom stereocenters. The van der Waals surface area contributed by atoms with Crippen LogP contribution in [0.2, 0.25) is 0 Å². The Bertz CT molecular complexity index is 892. The third-order valence-corrected chi connectivity index (χ3v) is 8.10. The van der Waals surface area contributed by atoms with Crippen molar-refractivity contribution >= 4 is 27.5 Å². The average Bonchev–Trinajstić information content (AvgIpc) is 3.49. The zero-order valence-electron chi connectivity index (χ0n) is 17.2. The van der Waals surface area contributed by atoms with Gasteiger partial charge in [-0.05, 0) is 44.2 Å². The monoisotopic (exact) mass is 435 g/mol. The van der Waals surface area contributed by atoms with E-state index < -0.39 is 15.8 Å². The number of carbonyl (C=O) groups excluding carboxylic acids is 2. The van der Waals surface area contributed by atoms with E-state index in [2.05, 4.69) is 9.88 Å². The van der Waals surface area contributed by atoms with Gasteiger partial charge in [0.25, 0.3) is 5.91 Å². The van der Waals surface area contributed by atoms with Crippen LogP contribution >= 0.6 is 0 Å². The number of hydrogen-bond acceptors (Lipinski definition) is 7. The van der Waals surface area contributed by atoms with Crippen LogP contribution in [0.15, 0.2) is 18.3 Å². The van der Waals surface area contributed by atoms with Crippen LogP contribution in [0, 0.1) is 0 Å². The van der Waals surface area contributed by atoms with Crippen LogP contribution in [0.25, 0.3) is 0 Å². The second kappa shape index (κ2) is 8.91. The van der Waals surface area contributed by atoms with Crippen molar-refractivity contribution in [3.05, 3.63) is 23.9 Å². The lowest BCUT2D eigenvalue weighted by molar-refractivity contribution is -0.139. The first kappa shape index (κ1) is 21.1. The standard InChI is InChI=1S/C21H29N3O5S/c25-19(24(16-6-1-2-7-16)17-9-13-30(27,28)15-17)14-29-21(26)18-8-5-10-22-20(18)23-11-3-4-12-23/h5,8,10,16-17H,1-4,6-7,9,11-15H2/t17-/m0/s1. The molecule has 0 bridgehead atoms. The van der Waals surface area contributed by atoms with E-state index in [0.29, 0.717) is 17.8 Å². The average molecular weight is 436 g/mol. The van der Waals surface area contributed by atoms with E-state index in [1.54, 1.807) is 23.2 Å². The predicted octanol–water partition coefficient (Wildman–Crippen LogP) is 1.80. The minimum atomic E-state index is -3.11. The van der Waals surface area contributed by atoms with Crippen LogP contribution in [-0.2, 0) is 19.4 Å². The molecule has 4 rings (SSSR count). The second-order valence-corrected chi connectivity index (χ2v) is 10.7. The van der Waals surface area contributed by atoms with Gasteiger partial charge >= 0.3 is 5.97 Å². The van der Waals surface area contributed by atoms with Gasteiger partial charge in [-0.3, -0.25) is 4.79 Å². The summed E-state index contributed by atoms with van der Waals surface area (Å²) in [6.07, 6.45) is 8.04. The lowest BCUT2D eigenvalue weighted by Crippen LogP contribution is -2.48. The number of pyridine rings is 1. The fourth-order valence-corrected chi connectivity index (χ4v) is 6.61. The number of ether oxygens (including phenoxy) is 1. The summed E-state index contributed by atoms with van der Waals surface area (Å²) in [4.78, 5) is 33.9. The number of amides is 1. The van der Waals surface area contributed by atoms with Crippen molar-refractivity contribution in [2.75, 3.05) is 36.1 Å². The predicted molar refractivity (Wildman–Crippen MR) is 112 cm³/mol. The molecule has 1 aromatic rings. The molecule has 3 fully saturated rings. The van der Waals surface area contributed by atoms with Crippen molar-refractivity contribution in [3.8, 4) is 0 Å². The maximum Gasteiger partial charge on any atom is 0.342 e. The molecule has 30 heavy (non-hydrogen) atoms. The largest absolute Gasteiger partial charge is 0.452 e. The number of hydrogen-bond donors (Lipinski definition) is 0. The molecule has 9 heteroatoms. The molecular formula is C21H29N3O5S. The van der Waals surface area contributed by atoms with E-state index in [0.717, 1.165) is 51.6 Å². The van der Waals surface area contributed by atoms with Crippen molar-refractivity contribution in [1.82, 2.24) is 9.88 Å². The van der Waals surface area contributed by atoms with E-state index in [9.17, 15) is 18.0 Å². The van der Waals surface area contributed by atoms with E-state index in [4.69, 9.17) is 4.74 Å². The van der Waals surface area contributed by atoms with Gasteiger partial charge < -0.3 is 14.5 Å². The van der Waals surface area contributed by atoms with Crippen LogP contribution in [0.5, 0.6) is 0 Å². The van der Waals surface area contributed by atoms with Gasteiger partial charge in [0, 0.05) is 31.4 Å². The molecule has 0 radical (unpaired) electrons. The molecule has 2 aliphatic heterocycles. The Morgan fingerprint density at radius 2 is 1.83 bits per heavy atom. The van der Waals surface area contributed by atoms with Crippen molar-refractivity contribution in [1.29, 1.82) is 0 Å². The maximum absolute atomic E-state index is 13.0. The van der Waals surface area contributed by atoms with Crippen molar-refractivity contribution in [2.45, 2.75) is 57.0 Å². The Hall–Kier alpha value is -2.16. The summed E-state index contributed by atoms with van der Waals surface area (Å²) in [5.74, 6) is -0.150. The van der Waals surface area contributed by atoms with E-state index in [-0.39, 0.29) is 36.1 Å². The summed E-state index contributed by atoms with van der Waals surface area (Å²) in [5, 5.41) is 0. The first-order valence-corrected chi connectivity index (χ1v) is 12.7. The van der Waals surface area contributed by atoms with Crippen LogP contribution in [0.3, 0.4) is 0 Å². The smallest absolute Gasteiger partial charge is 0.342 e. The van der Waals surface area contributed by atoms with Crippen LogP contribution in [0.1, 0.15) is 55.3 Å². The zero-order chi connectivity index (χ0) is 21.1. The van der Waals surface area contributed by atoms with E-state index >= 15 is 0 Å². The third-order valence-electron chi connectivity index (χ3n) is 6.35. The number of esters is 1. The highest BCUT2D eigenvalue weighted by Gasteiger charge is 2.39. The molecular weight excluding hydrogens is 406 g/mol. The van der Waals surface area contributed by atoms with Gasteiger partial charge in [-0.1, -0.05) is 12.8 Å². The number of nitrogens with zero attached hydrogens (tertiary/aromatic N) is 3. The summed E-state index contributed by atoms with van der Waals surface area (Å²) in [5.41, 5.74) is 0.364. The van der Waals surface area contributed by atoms with Gasteiger partial charge in [0.2, 0.25) is 0 Å². The number of sulfone groups is 1. The highest BCUT2D eigenvalue weighted by molar-refractivity contribution is 7.91. The molecule has 1 aromatic heterocycles. The lowest BCUT2D eigenvalue weighted by atomic mass is 10.1.